The second kappa shape index (κ2) is 7.51. The van der Waals surface area contributed by atoms with E-state index in [4.69, 9.17) is 0 Å². The monoisotopic (exact) mass is 303 g/mol. The smallest absolute Gasteiger partial charge is 0.422 e. The predicted molar refractivity (Wildman–Crippen MR) is 72.1 cm³/mol. The van der Waals surface area contributed by atoms with E-state index in [2.05, 4.69) is 26.9 Å². The molecule has 0 saturated carbocycles. The molecule has 0 aliphatic heterocycles. The minimum Gasteiger partial charge on any atom is -0.468 e. The number of hydrogen-bond donors (Lipinski definition) is 2. The largest absolute Gasteiger partial charge is 0.468 e. The summed E-state index contributed by atoms with van der Waals surface area (Å²) in [5.74, 6) is -0.367. The summed E-state index contributed by atoms with van der Waals surface area (Å²) in [5.41, 5.74) is 0.496. The van der Waals surface area contributed by atoms with Gasteiger partial charge < -0.3 is 15.4 Å². The molecule has 0 aliphatic carbocycles. The Balaban J connectivity index is 2.50. The van der Waals surface area contributed by atoms with Crippen LogP contribution in [0.15, 0.2) is 31.0 Å². The molecule has 5 nitrogen and oxygen atoms in total. The maximum atomic E-state index is 12.0. The number of carbonyl (C=O) groups is 1. The van der Waals surface area contributed by atoms with Gasteiger partial charge in [-0.1, -0.05) is 6.08 Å². The summed E-state index contributed by atoms with van der Waals surface area (Å²) in [5, 5.41) is 5.47. The lowest BCUT2D eigenvalue weighted by Crippen LogP contribution is -2.37. The summed E-state index contributed by atoms with van der Waals surface area (Å²) < 4.78 is 40.4. The van der Waals surface area contributed by atoms with Crippen LogP contribution in [-0.2, 0) is 4.79 Å². The molecule has 1 rings (SSSR count). The highest BCUT2D eigenvalue weighted by atomic mass is 19.4. The minimum absolute atomic E-state index is 0.137. The molecular formula is C13H16F3N3O2. The van der Waals surface area contributed by atoms with Crippen LogP contribution in [0.25, 0.3) is 0 Å². The van der Waals surface area contributed by atoms with Crippen LogP contribution >= 0.6 is 0 Å². The molecule has 2 N–H and O–H groups in total. The number of ether oxygens (including phenoxy) is 1. The number of hydrogen-bond acceptors (Lipinski definition) is 4. The van der Waals surface area contributed by atoms with E-state index in [1.807, 2.05) is 0 Å². The zero-order valence-corrected chi connectivity index (χ0v) is 11.4. The first-order chi connectivity index (χ1) is 9.81. The fourth-order valence-corrected chi connectivity index (χ4v) is 1.35. The first-order valence-electron chi connectivity index (χ1n) is 6.12. The third-order valence-corrected chi connectivity index (χ3v) is 2.32. The lowest BCUT2D eigenvalue weighted by Gasteiger charge is -2.14. The Hall–Kier alpha value is -2.25. The maximum absolute atomic E-state index is 12.0. The average Bonchev–Trinajstić information content (AvgIpc) is 2.43. The molecular weight excluding hydrogens is 287 g/mol. The zero-order chi connectivity index (χ0) is 15.9. The normalized spacial score (nSPS) is 12.4. The molecule has 0 saturated heterocycles. The number of halogens is 3. The molecule has 0 fully saturated rings. The number of nitrogens with zero attached hydrogens (tertiary/aromatic N) is 1. The Kier molecular flexibility index (Phi) is 6.01. The van der Waals surface area contributed by atoms with Crippen molar-refractivity contribution in [2.45, 2.75) is 19.1 Å². The first kappa shape index (κ1) is 16.8. The fourth-order valence-electron chi connectivity index (χ4n) is 1.35. The summed E-state index contributed by atoms with van der Waals surface area (Å²) in [7, 11) is 0. The van der Waals surface area contributed by atoms with Gasteiger partial charge in [0, 0.05) is 12.6 Å². The van der Waals surface area contributed by atoms with Crippen LogP contribution in [0.5, 0.6) is 5.88 Å². The third-order valence-electron chi connectivity index (χ3n) is 2.32. The van der Waals surface area contributed by atoms with E-state index in [1.165, 1.54) is 18.3 Å². The van der Waals surface area contributed by atoms with Crippen molar-refractivity contribution in [3.8, 4) is 5.88 Å². The summed E-state index contributed by atoms with van der Waals surface area (Å²) in [6.45, 7) is 4.09. The Morgan fingerprint density at radius 3 is 2.76 bits per heavy atom. The van der Waals surface area contributed by atoms with Crippen LogP contribution in [0, 0.1) is 0 Å². The zero-order valence-electron chi connectivity index (χ0n) is 11.4. The SMILES string of the molecule is C=CCNC(=O)[C@H](C)Nc1ccc(OCC(F)(F)F)nc1. The Morgan fingerprint density at radius 1 is 1.52 bits per heavy atom. The van der Waals surface area contributed by atoms with Gasteiger partial charge in [0.2, 0.25) is 11.8 Å². The molecule has 21 heavy (non-hydrogen) atoms. The van der Waals surface area contributed by atoms with Crippen LogP contribution < -0.4 is 15.4 Å². The van der Waals surface area contributed by atoms with Gasteiger partial charge in [-0.2, -0.15) is 13.2 Å². The van der Waals surface area contributed by atoms with Crippen molar-refractivity contribution < 1.29 is 22.7 Å². The fraction of sp³-hybridized carbons (Fsp3) is 0.385. The number of aromatic nitrogens is 1. The summed E-state index contributed by atoms with van der Waals surface area (Å²) in [6, 6.07) is 2.26. The highest BCUT2D eigenvalue weighted by Crippen LogP contribution is 2.18. The van der Waals surface area contributed by atoms with Crippen molar-refractivity contribution in [2.24, 2.45) is 0 Å². The molecule has 0 aliphatic rings. The molecule has 0 aromatic carbocycles. The number of amides is 1. The summed E-state index contributed by atoms with van der Waals surface area (Å²) >= 11 is 0. The number of anilines is 1. The highest BCUT2D eigenvalue weighted by Gasteiger charge is 2.28. The number of pyridine rings is 1. The quantitative estimate of drug-likeness (QED) is 0.757. The van der Waals surface area contributed by atoms with E-state index >= 15 is 0 Å². The second-order valence-electron chi connectivity index (χ2n) is 4.19. The van der Waals surface area contributed by atoms with E-state index < -0.39 is 18.8 Å². The van der Waals surface area contributed by atoms with Crippen LogP contribution in [-0.4, -0.2) is 36.3 Å². The highest BCUT2D eigenvalue weighted by molar-refractivity contribution is 5.84. The lowest BCUT2D eigenvalue weighted by atomic mass is 10.3. The van der Waals surface area contributed by atoms with Crippen molar-refractivity contribution in [3.63, 3.8) is 0 Å². The van der Waals surface area contributed by atoms with Gasteiger partial charge in [0.05, 0.1) is 11.9 Å². The maximum Gasteiger partial charge on any atom is 0.422 e. The van der Waals surface area contributed by atoms with Crippen molar-refractivity contribution in [3.05, 3.63) is 31.0 Å². The number of nitrogens with one attached hydrogen (secondary N) is 2. The second-order valence-corrected chi connectivity index (χ2v) is 4.19. The Labute approximate surface area is 120 Å². The topological polar surface area (TPSA) is 63.2 Å². The van der Waals surface area contributed by atoms with Gasteiger partial charge >= 0.3 is 6.18 Å². The number of alkyl halides is 3. The van der Waals surface area contributed by atoms with E-state index in [9.17, 15) is 18.0 Å². The molecule has 1 amide bonds. The predicted octanol–water partition coefficient (Wildman–Crippen LogP) is 2.13. The molecule has 1 heterocycles. The minimum atomic E-state index is -4.41. The molecule has 0 spiro atoms. The van der Waals surface area contributed by atoms with Crippen LogP contribution in [0.1, 0.15) is 6.92 Å². The van der Waals surface area contributed by atoms with Gasteiger partial charge in [0.15, 0.2) is 6.61 Å². The van der Waals surface area contributed by atoms with E-state index in [0.29, 0.717) is 12.2 Å². The van der Waals surface area contributed by atoms with Crippen LogP contribution in [0.2, 0.25) is 0 Å². The van der Waals surface area contributed by atoms with E-state index in [-0.39, 0.29) is 11.8 Å². The molecule has 1 aromatic heterocycles. The Morgan fingerprint density at radius 2 is 2.24 bits per heavy atom. The summed E-state index contributed by atoms with van der Waals surface area (Å²) in [4.78, 5) is 15.3. The molecule has 1 aromatic rings. The van der Waals surface area contributed by atoms with E-state index in [1.54, 1.807) is 13.0 Å². The van der Waals surface area contributed by atoms with Crippen molar-refractivity contribution in [2.75, 3.05) is 18.5 Å². The Bertz CT molecular complexity index is 475. The van der Waals surface area contributed by atoms with Crippen LogP contribution in [0.3, 0.4) is 0 Å². The summed E-state index contributed by atoms with van der Waals surface area (Å²) in [6.07, 6.45) is -1.56. The molecule has 0 unspecified atom stereocenters. The average molecular weight is 303 g/mol. The van der Waals surface area contributed by atoms with Crippen molar-refractivity contribution >= 4 is 11.6 Å². The van der Waals surface area contributed by atoms with Crippen LogP contribution in [0.4, 0.5) is 18.9 Å². The van der Waals surface area contributed by atoms with Gasteiger partial charge in [-0.05, 0) is 13.0 Å². The molecule has 0 bridgehead atoms. The standard InChI is InChI=1S/C13H16F3N3O2/c1-3-6-17-12(20)9(2)19-10-4-5-11(18-7-10)21-8-13(14,15)16/h3-5,7,9,19H,1,6,8H2,2H3,(H,17,20)/t9-/m0/s1. The van der Waals surface area contributed by atoms with Gasteiger partial charge in [-0.3, -0.25) is 4.79 Å². The van der Waals surface area contributed by atoms with Crippen molar-refractivity contribution in [1.82, 2.24) is 10.3 Å². The molecule has 0 radical (unpaired) electrons. The molecule has 116 valence electrons. The first-order valence-corrected chi connectivity index (χ1v) is 6.12. The number of carbonyl (C=O) groups excluding carboxylic acids is 1. The van der Waals surface area contributed by atoms with E-state index in [0.717, 1.165) is 0 Å². The molecule has 8 heteroatoms. The lowest BCUT2D eigenvalue weighted by molar-refractivity contribution is -0.154. The van der Waals surface area contributed by atoms with Gasteiger partial charge in [-0.25, -0.2) is 4.98 Å². The number of rotatable bonds is 7. The van der Waals surface area contributed by atoms with Gasteiger partial charge in [0.25, 0.3) is 0 Å². The van der Waals surface area contributed by atoms with Crippen molar-refractivity contribution in [1.29, 1.82) is 0 Å². The molecule has 1 atom stereocenters. The third kappa shape index (κ3) is 6.64. The van der Waals surface area contributed by atoms with Gasteiger partial charge in [-0.15, -0.1) is 6.58 Å². The van der Waals surface area contributed by atoms with Gasteiger partial charge in [0.1, 0.15) is 6.04 Å².